The number of rotatable bonds is 7. The van der Waals surface area contributed by atoms with Crippen LogP contribution in [0.15, 0.2) is 12.3 Å². The molecule has 2 rings (SSSR count). The number of hydrogen-bond acceptors (Lipinski definition) is 5. The van der Waals surface area contributed by atoms with Gasteiger partial charge in [-0.05, 0) is 27.0 Å². The summed E-state index contributed by atoms with van der Waals surface area (Å²) in [5.74, 6) is 0. The first-order chi connectivity index (χ1) is 10.4. The molecule has 0 aliphatic rings. The van der Waals surface area contributed by atoms with Gasteiger partial charge in [0.25, 0.3) is 0 Å². The zero-order chi connectivity index (χ0) is 16.3. The number of aliphatic hydroxyl groups excluding tert-OH is 1. The molecule has 1 N–H and O–H groups in total. The molecule has 0 aliphatic heterocycles. The van der Waals surface area contributed by atoms with E-state index in [2.05, 4.69) is 23.9 Å². The quantitative estimate of drug-likeness (QED) is 0.789. The van der Waals surface area contributed by atoms with E-state index in [4.69, 9.17) is 16.3 Å². The lowest BCUT2D eigenvalue weighted by Crippen LogP contribution is -2.31. The van der Waals surface area contributed by atoms with Crippen LogP contribution < -0.4 is 0 Å². The van der Waals surface area contributed by atoms with Crippen LogP contribution in [-0.2, 0) is 11.3 Å². The van der Waals surface area contributed by atoms with Crippen LogP contribution in [0.25, 0.3) is 11.0 Å². The van der Waals surface area contributed by atoms with E-state index in [1.54, 1.807) is 7.11 Å². The van der Waals surface area contributed by atoms with Gasteiger partial charge >= 0.3 is 0 Å². The summed E-state index contributed by atoms with van der Waals surface area (Å²) < 4.78 is 6.79. The molecule has 0 fully saturated rings. The topological polar surface area (TPSA) is 63.4 Å². The zero-order valence-corrected chi connectivity index (χ0v) is 14.2. The third-order valence-corrected chi connectivity index (χ3v) is 3.73. The molecule has 0 aliphatic carbocycles. The molecular formula is C15H23ClN4O2. The summed E-state index contributed by atoms with van der Waals surface area (Å²) in [5.41, 5.74) is 1.72. The van der Waals surface area contributed by atoms with Gasteiger partial charge in [0.2, 0.25) is 0 Å². The van der Waals surface area contributed by atoms with Gasteiger partial charge in [-0.3, -0.25) is 4.90 Å². The standard InChI is InChI=1S/C15H23ClN4O2/c1-10(2)20-15-11(6-17-20)5-12(14(16)18-15)7-19(3)8-13(21)9-22-4/h5-6,10,13,21H,7-9H2,1-4H3. The Morgan fingerprint density at radius 1 is 1.45 bits per heavy atom. The third kappa shape index (κ3) is 3.95. The van der Waals surface area contributed by atoms with E-state index in [1.165, 1.54) is 0 Å². The van der Waals surface area contributed by atoms with Crippen LogP contribution in [0.2, 0.25) is 5.15 Å². The van der Waals surface area contributed by atoms with Crippen molar-refractivity contribution in [3.8, 4) is 0 Å². The van der Waals surface area contributed by atoms with E-state index in [9.17, 15) is 5.11 Å². The maximum absolute atomic E-state index is 9.77. The predicted octanol–water partition coefficient (Wildman–Crippen LogP) is 2.10. The van der Waals surface area contributed by atoms with E-state index in [0.717, 1.165) is 16.6 Å². The summed E-state index contributed by atoms with van der Waals surface area (Å²) >= 11 is 6.31. The monoisotopic (exact) mass is 326 g/mol. The van der Waals surface area contributed by atoms with Crippen LogP contribution in [0.3, 0.4) is 0 Å². The van der Waals surface area contributed by atoms with E-state index >= 15 is 0 Å². The molecule has 0 saturated carbocycles. The normalized spacial score (nSPS) is 13.5. The first-order valence-corrected chi connectivity index (χ1v) is 7.68. The molecule has 0 radical (unpaired) electrons. The first-order valence-electron chi connectivity index (χ1n) is 7.30. The number of halogens is 1. The maximum atomic E-state index is 9.77. The van der Waals surface area contributed by atoms with Crippen LogP contribution in [0.1, 0.15) is 25.5 Å². The molecule has 0 spiro atoms. The van der Waals surface area contributed by atoms with Gasteiger partial charge in [-0.25, -0.2) is 9.67 Å². The number of aliphatic hydroxyl groups is 1. The Labute approximate surface area is 135 Å². The van der Waals surface area contributed by atoms with Crippen molar-refractivity contribution >= 4 is 22.6 Å². The molecule has 7 heteroatoms. The van der Waals surface area contributed by atoms with Gasteiger partial charge in [0.15, 0.2) is 5.65 Å². The number of ether oxygens (including phenoxy) is 1. The third-order valence-electron chi connectivity index (χ3n) is 3.41. The van der Waals surface area contributed by atoms with E-state index < -0.39 is 6.10 Å². The van der Waals surface area contributed by atoms with Crippen molar-refractivity contribution in [3.05, 3.63) is 23.0 Å². The predicted molar refractivity (Wildman–Crippen MR) is 87.1 cm³/mol. The Hall–Kier alpha value is -1.21. The first kappa shape index (κ1) is 17.1. The highest BCUT2D eigenvalue weighted by Gasteiger charge is 2.14. The summed E-state index contributed by atoms with van der Waals surface area (Å²) in [5, 5.41) is 15.6. The van der Waals surface area contributed by atoms with Crippen LogP contribution in [0.4, 0.5) is 0 Å². The van der Waals surface area contributed by atoms with Gasteiger partial charge in [0.1, 0.15) is 5.15 Å². The SMILES string of the molecule is COCC(O)CN(C)Cc1cc2cnn(C(C)C)c2nc1Cl. The molecule has 1 atom stereocenters. The van der Waals surface area contributed by atoms with Gasteiger partial charge in [-0.1, -0.05) is 11.6 Å². The number of aromatic nitrogens is 3. The van der Waals surface area contributed by atoms with Crippen molar-refractivity contribution in [3.63, 3.8) is 0 Å². The van der Waals surface area contributed by atoms with Crippen LogP contribution in [0.5, 0.6) is 0 Å². The highest BCUT2D eigenvalue weighted by Crippen LogP contribution is 2.23. The van der Waals surface area contributed by atoms with Gasteiger partial charge < -0.3 is 9.84 Å². The highest BCUT2D eigenvalue weighted by atomic mass is 35.5. The average Bonchev–Trinajstić information content (AvgIpc) is 2.82. The summed E-state index contributed by atoms with van der Waals surface area (Å²) in [6.45, 7) is 5.54. The number of nitrogens with zero attached hydrogens (tertiary/aromatic N) is 4. The lowest BCUT2D eigenvalue weighted by Gasteiger charge is -2.20. The minimum Gasteiger partial charge on any atom is -0.389 e. The number of methoxy groups -OCH3 is 1. The van der Waals surface area contributed by atoms with Crippen molar-refractivity contribution < 1.29 is 9.84 Å². The lowest BCUT2D eigenvalue weighted by atomic mass is 10.2. The van der Waals surface area contributed by atoms with Crippen molar-refractivity contribution in [2.75, 3.05) is 27.3 Å². The number of pyridine rings is 1. The fourth-order valence-corrected chi connectivity index (χ4v) is 2.64. The van der Waals surface area contributed by atoms with Crippen LogP contribution in [0, 0.1) is 0 Å². The molecule has 2 aromatic rings. The molecule has 1 unspecified atom stereocenters. The summed E-state index contributed by atoms with van der Waals surface area (Å²) in [6, 6.07) is 2.24. The second kappa shape index (κ2) is 7.37. The second-order valence-electron chi connectivity index (χ2n) is 5.84. The molecule has 2 aromatic heterocycles. The molecular weight excluding hydrogens is 304 g/mol. The molecule has 6 nitrogen and oxygen atoms in total. The van der Waals surface area contributed by atoms with Gasteiger partial charge in [-0.2, -0.15) is 5.10 Å². The highest BCUT2D eigenvalue weighted by molar-refractivity contribution is 6.30. The second-order valence-corrected chi connectivity index (χ2v) is 6.20. The Balaban J connectivity index is 2.16. The summed E-state index contributed by atoms with van der Waals surface area (Å²) in [4.78, 5) is 6.47. The number of likely N-dealkylation sites (N-methyl/N-ethyl adjacent to an activating group) is 1. The van der Waals surface area contributed by atoms with Gasteiger partial charge in [0.05, 0.1) is 18.9 Å². The van der Waals surface area contributed by atoms with E-state index in [-0.39, 0.29) is 6.04 Å². The van der Waals surface area contributed by atoms with Gasteiger partial charge in [-0.15, -0.1) is 0 Å². The van der Waals surface area contributed by atoms with Crippen LogP contribution >= 0.6 is 11.6 Å². The van der Waals surface area contributed by atoms with Crippen molar-refractivity contribution in [2.24, 2.45) is 0 Å². The molecule has 2 heterocycles. The molecule has 0 bridgehead atoms. The van der Waals surface area contributed by atoms with Crippen molar-refractivity contribution in [1.82, 2.24) is 19.7 Å². The Kier molecular flexibility index (Phi) is 5.74. The zero-order valence-electron chi connectivity index (χ0n) is 13.5. The largest absolute Gasteiger partial charge is 0.389 e. The molecule has 122 valence electrons. The van der Waals surface area contributed by atoms with E-state index in [0.29, 0.717) is 24.8 Å². The smallest absolute Gasteiger partial charge is 0.159 e. The Bertz CT molecular complexity index is 629. The molecule has 0 amide bonds. The number of hydrogen-bond donors (Lipinski definition) is 1. The summed E-state index contributed by atoms with van der Waals surface area (Å²) in [7, 11) is 3.50. The average molecular weight is 327 g/mol. The fraction of sp³-hybridized carbons (Fsp3) is 0.600. The Morgan fingerprint density at radius 2 is 2.18 bits per heavy atom. The summed E-state index contributed by atoms with van der Waals surface area (Å²) in [6.07, 6.45) is 1.29. The van der Waals surface area contributed by atoms with Crippen molar-refractivity contribution in [1.29, 1.82) is 0 Å². The molecule has 22 heavy (non-hydrogen) atoms. The minimum atomic E-state index is -0.519. The number of fused-ring (bicyclic) bond motifs is 1. The van der Waals surface area contributed by atoms with E-state index in [1.807, 2.05) is 28.9 Å². The van der Waals surface area contributed by atoms with Gasteiger partial charge in [0, 0.05) is 37.2 Å². The molecule has 0 saturated heterocycles. The van der Waals surface area contributed by atoms with Crippen molar-refractivity contribution in [2.45, 2.75) is 32.5 Å². The lowest BCUT2D eigenvalue weighted by molar-refractivity contribution is 0.0419. The molecule has 0 aromatic carbocycles. The maximum Gasteiger partial charge on any atom is 0.159 e. The Morgan fingerprint density at radius 3 is 2.82 bits per heavy atom. The minimum absolute atomic E-state index is 0.235. The van der Waals surface area contributed by atoms with Crippen LogP contribution in [-0.4, -0.2) is 58.2 Å². The fourth-order valence-electron chi connectivity index (χ4n) is 2.45.